The maximum atomic E-state index is 13.5. The van der Waals surface area contributed by atoms with Crippen molar-refractivity contribution < 1.29 is 13.9 Å². The van der Waals surface area contributed by atoms with Crippen LogP contribution in [-0.4, -0.2) is 18.0 Å². The third-order valence-electron chi connectivity index (χ3n) is 5.35. The average molecular weight is 398 g/mol. The van der Waals surface area contributed by atoms with Gasteiger partial charge in [0.25, 0.3) is 5.91 Å². The number of amides is 1. The molecule has 148 valence electrons. The van der Waals surface area contributed by atoms with Crippen molar-refractivity contribution in [2.75, 3.05) is 12.0 Å². The average Bonchev–Trinajstić information content (AvgIpc) is 3.07. The molecule has 6 nitrogen and oxygen atoms in total. The van der Waals surface area contributed by atoms with Crippen molar-refractivity contribution in [3.8, 4) is 5.75 Å². The smallest absolute Gasteiger partial charge is 0.296 e. The molecule has 6 heteroatoms. The number of carbonyl (C=O) groups is 1. The van der Waals surface area contributed by atoms with Crippen molar-refractivity contribution in [1.82, 2.24) is 4.98 Å². The van der Waals surface area contributed by atoms with E-state index >= 15 is 0 Å². The van der Waals surface area contributed by atoms with Gasteiger partial charge in [-0.25, -0.2) is 4.98 Å². The summed E-state index contributed by atoms with van der Waals surface area (Å²) in [4.78, 5) is 32.8. The predicted octanol–water partition coefficient (Wildman–Crippen LogP) is 4.25. The topological polar surface area (TPSA) is 72.6 Å². The second-order valence-electron chi connectivity index (χ2n) is 7.21. The highest BCUT2D eigenvalue weighted by Gasteiger charge is 2.44. The highest BCUT2D eigenvalue weighted by atomic mass is 16.5. The number of aryl methyl sites for hydroxylation is 1. The van der Waals surface area contributed by atoms with E-state index in [1.807, 2.05) is 25.1 Å². The monoisotopic (exact) mass is 398 g/mol. The number of hydrogen-bond acceptors (Lipinski definition) is 5. The number of pyridine rings is 1. The fraction of sp³-hybridized carbons (Fsp3) is 0.125. The summed E-state index contributed by atoms with van der Waals surface area (Å²) in [5.41, 5.74) is 2.24. The number of fused-ring (bicyclic) bond motifs is 2. The first-order valence-corrected chi connectivity index (χ1v) is 9.54. The van der Waals surface area contributed by atoms with Crippen LogP contribution >= 0.6 is 0 Å². The first-order valence-electron chi connectivity index (χ1n) is 9.54. The standard InChI is InChI=1S/C24H18N2O4/c1-14-6-11-18-17(13-14)22(27)20-21(15-7-9-16(29-2)10-8-15)26(24(28)23(20)30-18)19-5-3-4-12-25-19/h3-13,21H,1-2H3/t21-/m1/s1. The van der Waals surface area contributed by atoms with Gasteiger partial charge in [-0.1, -0.05) is 29.8 Å². The first-order chi connectivity index (χ1) is 14.6. The largest absolute Gasteiger partial charge is 0.497 e. The van der Waals surface area contributed by atoms with Crippen LogP contribution in [0.3, 0.4) is 0 Å². The lowest BCUT2D eigenvalue weighted by Crippen LogP contribution is -2.30. The Morgan fingerprint density at radius 1 is 1.03 bits per heavy atom. The summed E-state index contributed by atoms with van der Waals surface area (Å²) < 4.78 is 11.2. The molecule has 2 aromatic heterocycles. The molecule has 5 rings (SSSR count). The number of aromatic nitrogens is 1. The van der Waals surface area contributed by atoms with Gasteiger partial charge in [-0.05, 0) is 48.9 Å². The Hall–Kier alpha value is -3.93. The molecule has 0 radical (unpaired) electrons. The maximum Gasteiger partial charge on any atom is 0.296 e. The molecule has 2 aromatic carbocycles. The summed E-state index contributed by atoms with van der Waals surface area (Å²) in [6.45, 7) is 1.92. The number of ether oxygens (including phenoxy) is 1. The van der Waals surface area contributed by atoms with Gasteiger partial charge >= 0.3 is 0 Å². The molecule has 30 heavy (non-hydrogen) atoms. The lowest BCUT2D eigenvalue weighted by atomic mass is 9.98. The Morgan fingerprint density at radius 2 is 1.83 bits per heavy atom. The molecule has 3 heterocycles. The van der Waals surface area contributed by atoms with Crippen molar-refractivity contribution in [3.63, 3.8) is 0 Å². The molecule has 0 fully saturated rings. The molecule has 0 saturated heterocycles. The molecule has 0 unspecified atom stereocenters. The minimum absolute atomic E-state index is 0.0582. The Balaban J connectivity index is 1.80. The lowest BCUT2D eigenvalue weighted by Gasteiger charge is -2.24. The number of nitrogens with zero attached hydrogens (tertiary/aromatic N) is 2. The zero-order valence-electron chi connectivity index (χ0n) is 16.5. The number of carbonyl (C=O) groups excluding carboxylic acids is 1. The highest BCUT2D eigenvalue weighted by molar-refractivity contribution is 6.10. The molecule has 1 atom stereocenters. The van der Waals surface area contributed by atoms with Crippen molar-refractivity contribution in [2.45, 2.75) is 13.0 Å². The predicted molar refractivity (Wildman–Crippen MR) is 113 cm³/mol. The number of rotatable bonds is 3. The van der Waals surface area contributed by atoms with E-state index in [0.29, 0.717) is 28.1 Å². The minimum atomic E-state index is -0.644. The summed E-state index contributed by atoms with van der Waals surface area (Å²) in [6.07, 6.45) is 1.62. The number of benzene rings is 2. The van der Waals surface area contributed by atoms with Crippen LogP contribution in [0.5, 0.6) is 5.75 Å². The van der Waals surface area contributed by atoms with Crippen LogP contribution < -0.4 is 15.1 Å². The summed E-state index contributed by atoms with van der Waals surface area (Å²) in [7, 11) is 1.59. The summed E-state index contributed by atoms with van der Waals surface area (Å²) in [5, 5.41) is 0.461. The van der Waals surface area contributed by atoms with Crippen LogP contribution in [0.2, 0.25) is 0 Å². The molecule has 0 bridgehead atoms. The molecule has 0 saturated carbocycles. The fourth-order valence-electron chi connectivity index (χ4n) is 3.92. The lowest BCUT2D eigenvalue weighted by molar-refractivity contribution is 0.0970. The quantitative estimate of drug-likeness (QED) is 0.516. The summed E-state index contributed by atoms with van der Waals surface area (Å²) in [5.74, 6) is 0.815. The van der Waals surface area contributed by atoms with E-state index in [4.69, 9.17) is 9.15 Å². The van der Waals surface area contributed by atoms with Gasteiger partial charge in [0, 0.05) is 6.20 Å². The molecule has 1 aliphatic heterocycles. The van der Waals surface area contributed by atoms with E-state index in [1.54, 1.807) is 55.8 Å². The van der Waals surface area contributed by atoms with Crippen LogP contribution in [0, 0.1) is 6.92 Å². The van der Waals surface area contributed by atoms with E-state index in [0.717, 1.165) is 11.1 Å². The summed E-state index contributed by atoms with van der Waals surface area (Å²) >= 11 is 0. The van der Waals surface area contributed by atoms with Crippen molar-refractivity contribution in [3.05, 3.63) is 99.5 Å². The van der Waals surface area contributed by atoms with E-state index in [-0.39, 0.29) is 17.1 Å². The molecular weight excluding hydrogens is 380 g/mol. The van der Waals surface area contributed by atoms with Gasteiger partial charge < -0.3 is 9.15 Å². The molecule has 1 amide bonds. The molecular formula is C24H18N2O4. The van der Waals surface area contributed by atoms with Crippen LogP contribution in [0.1, 0.15) is 33.3 Å². The second kappa shape index (κ2) is 6.84. The molecule has 4 aromatic rings. The molecule has 0 spiro atoms. The zero-order chi connectivity index (χ0) is 20.8. The van der Waals surface area contributed by atoms with E-state index in [9.17, 15) is 9.59 Å². The Kier molecular flexibility index (Phi) is 4.13. The van der Waals surface area contributed by atoms with E-state index < -0.39 is 6.04 Å². The zero-order valence-corrected chi connectivity index (χ0v) is 16.5. The Morgan fingerprint density at radius 3 is 2.53 bits per heavy atom. The van der Waals surface area contributed by atoms with Crippen LogP contribution in [0.4, 0.5) is 5.82 Å². The van der Waals surface area contributed by atoms with Crippen molar-refractivity contribution in [2.24, 2.45) is 0 Å². The number of methoxy groups -OCH3 is 1. The van der Waals surface area contributed by atoms with Crippen molar-refractivity contribution >= 4 is 22.7 Å². The molecule has 1 aliphatic rings. The van der Waals surface area contributed by atoms with Gasteiger partial charge in [0.15, 0.2) is 5.43 Å². The van der Waals surface area contributed by atoms with E-state index in [1.165, 1.54) is 4.90 Å². The second-order valence-corrected chi connectivity index (χ2v) is 7.21. The van der Waals surface area contributed by atoms with Crippen LogP contribution in [0.25, 0.3) is 11.0 Å². The Labute approximate surface area is 172 Å². The molecule has 0 N–H and O–H groups in total. The maximum absolute atomic E-state index is 13.5. The third-order valence-corrected chi connectivity index (χ3v) is 5.35. The van der Waals surface area contributed by atoms with Gasteiger partial charge in [-0.2, -0.15) is 0 Å². The highest BCUT2D eigenvalue weighted by Crippen LogP contribution is 2.40. The van der Waals surface area contributed by atoms with Gasteiger partial charge in [0.2, 0.25) is 5.76 Å². The van der Waals surface area contributed by atoms with Crippen LogP contribution in [0.15, 0.2) is 76.1 Å². The normalized spacial score (nSPS) is 15.5. The van der Waals surface area contributed by atoms with Gasteiger partial charge in [0.1, 0.15) is 17.2 Å². The van der Waals surface area contributed by atoms with E-state index in [2.05, 4.69) is 4.98 Å². The van der Waals surface area contributed by atoms with Gasteiger partial charge in [-0.3, -0.25) is 14.5 Å². The van der Waals surface area contributed by atoms with Gasteiger partial charge in [-0.15, -0.1) is 0 Å². The van der Waals surface area contributed by atoms with Crippen molar-refractivity contribution in [1.29, 1.82) is 0 Å². The first kappa shape index (κ1) is 18.1. The van der Waals surface area contributed by atoms with Crippen LogP contribution in [-0.2, 0) is 0 Å². The third kappa shape index (κ3) is 2.69. The molecule has 0 aliphatic carbocycles. The Bertz CT molecular complexity index is 1330. The SMILES string of the molecule is COc1ccc([C@@H]2c3c(oc4ccc(C)cc4c3=O)C(=O)N2c2ccccn2)cc1. The number of hydrogen-bond donors (Lipinski definition) is 0. The fourth-order valence-corrected chi connectivity index (χ4v) is 3.92. The summed E-state index contributed by atoms with van der Waals surface area (Å²) in [6, 6.07) is 17.4. The van der Waals surface area contributed by atoms with Gasteiger partial charge in [0.05, 0.1) is 24.1 Å². The number of anilines is 1. The minimum Gasteiger partial charge on any atom is -0.497 e.